The smallest absolute Gasteiger partial charge is 0.00923 e. The molecule has 90 valence electrons. The van der Waals surface area contributed by atoms with Gasteiger partial charge >= 0.3 is 0 Å². The van der Waals surface area contributed by atoms with Crippen LogP contribution in [0.3, 0.4) is 0 Å². The normalized spacial score (nSPS) is 22.4. The topological polar surface area (TPSA) is 15.3 Å². The number of rotatable bonds is 3. The minimum Gasteiger partial charge on any atom is -0.323 e. The van der Waals surface area contributed by atoms with Gasteiger partial charge in [-0.3, -0.25) is 0 Å². The predicted molar refractivity (Wildman–Crippen MR) is 67.2 cm³/mol. The third kappa shape index (κ3) is 5.53. The summed E-state index contributed by atoms with van der Waals surface area (Å²) in [5.74, 6) is 1.07. The maximum absolute atomic E-state index is 2.75. The van der Waals surface area contributed by atoms with Gasteiger partial charge in [-0.15, -0.1) is 0 Å². The van der Waals surface area contributed by atoms with E-state index in [0.29, 0.717) is 0 Å². The highest BCUT2D eigenvalue weighted by atomic mass is 15.1. The molecule has 0 spiro atoms. The maximum Gasteiger partial charge on any atom is 0.00923 e. The van der Waals surface area contributed by atoms with Gasteiger partial charge in [-0.1, -0.05) is 19.3 Å². The Bertz CT molecular complexity index is 149. The molecule has 0 aromatic carbocycles. The third-order valence-electron chi connectivity index (χ3n) is 3.44. The Labute approximate surface area is 95.4 Å². The van der Waals surface area contributed by atoms with E-state index in [4.69, 9.17) is 0 Å². The van der Waals surface area contributed by atoms with E-state index in [1.54, 1.807) is 0 Å². The largest absolute Gasteiger partial charge is 0.323 e. The van der Waals surface area contributed by atoms with E-state index < -0.39 is 0 Å². The predicted octanol–water partition coefficient (Wildman–Crippen LogP) is 2.50. The summed E-state index contributed by atoms with van der Waals surface area (Å²) in [5, 5.41) is 2.75. The van der Waals surface area contributed by atoms with Crippen LogP contribution in [0.5, 0.6) is 0 Å². The van der Waals surface area contributed by atoms with Crippen molar-refractivity contribution in [3.05, 3.63) is 0 Å². The molecule has 0 aromatic heterocycles. The molecule has 0 radical (unpaired) electrons. The molecule has 2 aliphatic carbocycles. The zero-order valence-corrected chi connectivity index (χ0v) is 10.8. The molecular weight excluding hydrogens is 184 g/mol. The zero-order valence-electron chi connectivity index (χ0n) is 10.8. The highest BCUT2D eigenvalue weighted by Gasteiger charge is 2.26. The molecule has 2 rings (SSSR count). The molecule has 0 heterocycles. The van der Waals surface area contributed by atoms with E-state index in [2.05, 4.69) is 17.3 Å². The molecule has 0 atom stereocenters. The van der Waals surface area contributed by atoms with Crippen molar-refractivity contribution in [3.8, 4) is 0 Å². The summed E-state index contributed by atoms with van der Waals surface area (Å²) in [6.07, 6.45) is 10.3. The van der Waals surface area contributed by atoms with Crippen molar-refractivity contribution in [1.29, 1.82) is 0 Å². The first kappa shape index (κ1) is 13.0. The summed E-state index contributed by atoms with van der Waals surface area (Å²) in [7, 11) is 6.08. The van der Waals surface area contributed by atoms with Crippen LogP contribution in [-0.4, -0.2) is 38.6 Å². The summed E-state index contributed by atoms with van der Waals surface area (Å²) in [5.41, 5.74) is 0. The lowest BCUT2D eigenvalue weighted by molar-refractivity contribution is 0.185. The third-order valence-corrected chi connectivity index (χ3v) is 3.44. The fraction of sp³-hybridized carbons (Fsp3) is 1.00. The quantitative estimate of drug-likeness (QED) is 0.773. The minimum absolute atomic E-state index is 0.930. The van der Waals surface area contributed by atoms with E-state index in [1.807, 2.05) is 14.1 Å². The monoisotopic (exact) mass is 212 g/mol. The number of hydrogen-bond acceptors (Lipinski definition) is 2. The van der Waals surface area contributed by atoms with Crippen LogP contribution in [0.25, 0.3) is 0 Å². The lowest BCUT2D eigenvalue weighted by Crippen LogP contribution is -2.34. The van der Waals surface area contributed by atoms with Crippen molar-refractivity contribution in [2.45, 2.75) is 51.0 Å². The van der Waals surface area contributed by atoms with Crippen LogP contribution in [-0.2, 0) is 0 Å². The summed E-state index contributed by atoms with van der Waals surface area (Å²) in [6, 6.07) is 0.930. The van der Waals surface area contributed by atoms with E-state index in [9.17, 15) is 0 Å². The lowest BCUT2D eigenvalue weighted by Gasteiger charge is -2.31. The van der Waals surface area contributed by atoms with E-state index >= 15 is 0 Å². The van der Waals surface area contributed by atoms with Gasteiger partial charge in [0.2, 0.25) is 0 Å². The Morgan fingerprint density at radius 1 is 1.00 bits per heavy atom. The van der Waals surface area contributed by atoms with Crippen molar-refractivity contribution in [3.63, 3.8) is 0 Å². The van der Waals surface area contributed by atoms with Crippen molar-refractivity contribution in [2.75, 3.05) is 27.7 Å². The molecule has 15 heavy (non-hydrogen) atoms. The van der Waals surface area contributed by atoms with Gasteiger partial charge in [0, 0.05) is 12.6 Å². The van der Waals surface area contributed by atoms with Crippen LogP contribution in [0.4, 0.5) is 0 Å². The van der Waals surface area contributed by atoms with Crippen LogP contribution in [0.2, 0.25) is 0 Å². The molecule has 0 amide bonds. The van der Waals surface area contributed by atoms with Crippen molar-refractivity contribution in [1.82, 2.24) is 10.2 Å². The fourth-order valence-electron chi connectivity index (χ4n) is 2.38. The fourth-order valence-corrected chi connectivity index (χ4v) is 2.38. The molecule has 0 aliphatic heterocycles. The molecule has 2 fully saturated rings. The van der Waals surface area contributed by atoms with Gasteiger partial charge in [-0.05, 0) is 52.7 Å². The van der Waals surface area contributed by atoms with Gasteiger partial charge in [0.25, 0.3) is 0 Å². The summed E-state index contributed by atoms with van der Waals surface area (Å²) < 4.78 is 0. The SMILES string of the molecule is CN(CC1CC1)C1CCCCC1.CNC. The van der Waals surface area contributed by atoms with Gasteiger partial charge in [-0.25, -0.2) is 0 Å². The molecule has 2 nitrogen and oxygen atoms in total. The molecule has 0 bridgehead atoms. The highest BCUT2D eigenvalue weighted by molar-refractivity contribution is 4.80. The van der Waals surface area contributed by atoms with Crippen molar-refractivity contribution < 1.29 is 0 Å². The van der Waals surface area contributed by atoms with Gasteiger partial charge in [0.05, 0.1) is 0 Å². The van der Waals surface area contributed by atoms with Gasteiger partial charge in [0.1, 0.15) is 0 Å². The first-order valence-corrected chi connectivity index (χ1v) is 6.56. The molecule has 0 aromatic rings. The molecule has 0 unspecified atom stereocenters. The first-order chi connectivity index (χ1) is 7.27. The van der Waals surface area contributed by atoms with Gasteiger partial charge in [-0.2, -0.15) is 0 Å². The standard InChI is InChI=1S/C11H21N.C2H7N/c1-12(9-10-7-8-10)11-5-3-2-4-6-11;1-3-2/h10-11H,2-9H2,1H3;3H,1-2H3. The van der Waals surface area contributed by atoms with Crippen molar-refractivity contribution >= 4 is 0 Å². The van der Waals surface area contributed by atoms with Gasteiger partial charge in [0.15, 0.2) is 0 Å². The Morgan fingerprint density at radius 2 is 1.53 bits per heavy atom. The second-order valence-corrected chi connectivity index (χ2v) is 5.17. The highest BCUT2D eigenvalue weighted by Crippen LogP contribution is 2.31. The van der Waals surface area contributed by atoms with E-state index in [1.165, 1.54) is 51.5 Å². The molecular formula is C13H28N2. The number of hydrogen-bond donors (Lipinski definition) is 1. The summed E-state index contributed by atoms with van der Waals surface area (Å²) in [6.45, 7) is 1.38. The van der Waals surface area contributed by atoms with Crippen LogP contribution >= 0.6 is 0 Å². The average Bonchev–Trinajstić information content (AvgIpc) is 3.04. The van der Waals surface area contributed by atoms with E-state index in [0.717, 1.165) is 12.0 Å². The minimum atomic E-state index is 0.930. The number of nitrogens with zero attached hydrogens (tertiary/aromatic N) is 1. The Morgan fingerprint density at radius 3 is 2.00 bits per heavy atom. The van der Waals surface area contributed by atoms with Crippen LogP contribution in [0, 0.1) is 5.92 Å². The molecule has 2 heteroatoms. The Balaban J connectivity index is 0.000000337. The second-order valence-electron chi connectivity index (χ2n) is 5.17. The van der Waals surface area contributed by atoms with Crippen LogP contribution in [0.15, 0.2) is 0 Å². The Hall–Kier alpha value is -0.0800. The van der Waals surface area contributed by atoms with Crippen molar-refractivity contribution in [2.24, 2.45) is 5.92 Å². The first-order valence-electron chi connectivity index (χ1n) is 6.56. The maximum atomic E-state index is 2.75. The molecule has 0 saturated heterocycles. The zero-order chi connectivity index (χ0) is 11.1. The summed E-state index contributed by atoms with van der Waals surface area (Å²) >= 11 is 0. The summed E-state index contributed by atoms with van der Waals surface area (Å²) in [4.78, 5) is 2.62. The number of nitrogens with one attached hydrogen (secondary N) is 1. The van der Waals surface area contributed by atoms with Crippen LogP contribution in [0.1, 0.15) is 44.9 Å². The lowest BCUT2D eigenvalue weighted by atomic mass is 9.94. The van der Waals surface area contributed by atoms with Crippen LogP contribution < -0.4 is 5.32 Å². The average molecular weight is 212 g/mol. The van der Waals surface area contributed by atoms with E-state index in [-0.39, 0.29) is 0 Å². The molecule has 1 N–H and O–H groups in total. The Kier molecular flexibility index (Phi) is 6.26. The molecule has 2 saturated carbocycles. The second kappa shape index (κ2) is 7.24. The van der Waals surface area contributed by atoms with Gasteiger partial charge < -0.3 is 10.2 Å². The molecule has 2 aliphatic rings.